The summed E-state index contributed by atoms with van der Waals surface area (Å²) in [5, 5.41) is 0. The molecule has 0 fully saturated rings. The number of esters is 1. The quantitative estimate of drug-likeness (QED) is 0.606. The van der Waals surface area contributed by atoms with Crippen LogP contribution in [-0.4, -0.2) is 26.0 Å². The van der Waals surface area contributed by atoms with E-state index in [9.17, 15) is 18.0 Å². The van der Waals surface area contributed by atoms with Gasteiger partial charge in [0, 0.05) is 7.11 Å². The number of rotatable bonds is 4. The van der Waals surface area contributed by atoms with Gasteiger partial charge in [0.1, 0.15) is 6.61 Å². The summed E-state index contributed by atoms with van der Waals surface area (Å²) >= 11 is 0. The zero-order valence-corrected chi connectivity index (χ0v) is 8.78. The van der Waals surface area contributed by atoms with Crippen LogP contribution >= 0.6 is 0 Å². The monoisotopic (exact) mass is 250 g/mol. The normalized spacial score (nSPS) is 11.1. The number of carbonyl (C=O) groups is 1. The molecule has 0 aliphatic rings. The van der Waals surface area contributed by atoms with Crippen molar-refractivity contribution in [2.75, 3.05) is 13.7 Å². The molecule has 0 saturated carbocycles. The maximum Gasteiger partial charge on any atom is 0.573 e. The van der Waals surface area contributed by atoms with Gasteiger partial charge in [-0.05, 0) is 12.1 Å². The van der Waals surface area contributed by atoms with E-state index in [1.165, 1.54) is 25.3 Å². The molecule has 0 aliphatic heterocycles. The largest absolute Gasteiger partial charge is 0.573 e. The number of alkyl halides is 3. The van der Waals surface area contributed by atoms with Crippen molar-refractivity contribution < 1.29 is 32.2 Å². The Morgan fingerprint density at radius 2 is 1.82 bits per heavy atom. The molecule has 0 atom stereocenters. The summed E-state index contributed by atoms with van der Waals surface area (Å²) in [4.78, 5) is 11.0. The molecule has 0 aromatic heterocycles. The molecule has 7 heteroatoms. The summed E-state index contributed by atoms with van der Waals surface area (Å²) in [6.45, 7) is -0.361. The fourth-order valence-corrected chi connectivity index (χ4v) is 1.01. The zero-order valence-electron chi connectivity index (χ0n) is 8.78. The number of ether oxygens (including phenoxy) is 3. The summed E-state index contributed by atoms with van der Waals surface area (Å²) in [5.41, 5.74) is 0. The van der Waals surface area contributed by atoms with Crippen molar-refractivity contribution in [2.45, 2.75) is 6.36 Å². The molecule has 0 aliphatic carbocycles. The fraction of sp³-hybridized carbons (Fsp3) is 0.300. The van der Waals surface area contributed by atoms with Crippen molar-refractivity contribution in [3.05, 3.63) is 24.3 Å². The van der Waals surface area contributed by atoms with Crippen LogP contribution in [0.4, 0.5) is 13.2 Å². The molecule has 0 heterocycles. The Balaban J connectivity index is 2.81. The Bertz CT molecular complexity index is 389. The van der Waals surface area contributed by atoms with Crippen LogP contribution in [-0.2, 0) is 9.53 Å². The standard InChI is InChI=1S/C10H9F3O4/c1-15-6-9(14)16-7-4-2-3-5-8(7)17-10(11,12)13/h2-5H,6H2,1H3. The highest BCUT2D eigenvalue weighted by Crippen LogP contribution is 2.31. The van der Waals surface area contributed by atoms with E-state index in [4.69, 9.17) is 0 Å². The predicted molar refractivity (Wildman–Crippen MR) is 50.6 cm³/mol. The molecule has 1 aromatic carbocycles. The minimum absolute atomic E-state index is 0.313. The SMILES string of the molecule is COCC(=O)Oc1ccccc1OC(F)(F)F. The van der Waals surface area contributed by atoms with Crippen LogP contribution < -0.4 is 9.47 Å². The van der Waals surface area contributed by atoms with Gasteiger partial charge in [0.15, 0.2) is 11.5 Å². The van der Waals surface area contributed by atoms with Crippen LogP contribution in [0.15, 0.2) is 24.3 Å². The van der Waals surface area contributed by atoms with Gasteiger partial charge >= 0.3 is 12.3 Å². The molecule has 0 amide bonds. The molecular weight excluding hydrogens is 241 g/mol. The summed E-state index contributed by atoms with van der Waals surface area (Å²) in [7, 11) is 1.26. The van der Waals surface area contributed by atoms with E-state index < -0.39 is 18.1 Å². The van der Waals surface area contributed by atoms with E-state index in [0.717, 1.165) is 6.07 Å². The first-order valence-corrected chi connectivity index (χ1v) is 4.47. The topological polar surface area (TPSA) is 44.8 Å². The lowest BCUT2D eigenvalue weighted by atomic mass is 10.3. The fourth-order valence-electron chi connectivity index (χ4n) is 1.01. The predicted octanol–water partition coefficient (Wildman–Crippen LogP) is 2.14. The highest BCUT2D eigenvalue weighted by molar-refractivity contribution is 5.74. The minimum atomic E-state index is -4.84. The van der Waals surface area contributed by atoms with Gasteiger partial charge in [0.2, 0.25) is 0 Å². The number of methoxy groups -OCH3 is 1. The first kappa shape index (κ1) is 13.3. The highest BCUT2D eigenvalue weighted by atomic mass is 19.4. The molecule has 4 nitrogen and oxygen atoms in total. The Hall–Kier alpha value is -1.76. The van der Waals surface area contributed by atoms with Crippen molar-refractivity contribution in [1.29, 1.82) is 0 Å². The lowest BCUT2D eigenvalue weighted by molar-refractivity contribution is -0.275. The van der Waals surface area contributed by atoms with Crippen molar-refractivity contribution in [3.63, 3.8) is 0 Å². The van der Waals surface area contributed by atoms with E-state index >= 15 is 0 Å². The van der Waals surface area contributed by atoms with Gasteiger partial charge < -0.3 is 14.2 Å². The average molecular weight is 250 g/mol. The Labute approximate surface area is 94.9 Å². The van der Waals surface area contributed by atoms with E-state index in [1.54, 1.807) is 0 Å². The molecule has 94 valence electrons. The Kier molecular flexibility index (Phi) is 4.33. The average Bonchev–Trinajstić information content (AvgIpc) is 2.19. The number of benzene rings is 1. The molecule has 0 N–H and O–H groups in total. The lowest BCUT2D eigenvalue weighted by Gasteiger charge is -2.12. The molecule has 17 heavy (non-hydrogen) atoms. The van der Waals surface area contributed by atoms with Crippen LogP contribution in [0.5, 0.6) is 11.5 Å². The lowest BCUT2D eigenvalue weighted by Crippen LogP contribution is -2.19. The number of carbonyl (C=O) groups excluding carboxylic acids is 1. The second-order valence-electron chi connectivity index (χ2n) is 2.90. The second-order valence-corrected chi connectivity index (χ2v) is 2.90. The van der Waals surface area contributed by atoms with Crippen molar-refractivity contribution >= 4 is 5.97 Å². The van der Waals surface area contributed by atoms with E-state index in [-0.39, 0.29) is 12.4 Å². The summed E-state index contributed by atoms with van der Waals surface area (Å²) < 4.78 is 48.9. The molecule has 1 aromatic rings. The maximum atomic E-state index is 12.0. The molecule has 0 spiro atoms. The van der Waals surface area contributed by atoms with E-state index in [0.29, 0.717) is 0 Å². The van der Waals surface area contributed by atoms with Crippen molar-refractivity contribution in [1.82, 2.24) is 0 Å². The Morgan fingerprint density at radius 1 is 1.24 bits per heavy atom. The third-order valence-corrected chi connectivity index (χ3v) is 1.56. The molecule has 1 rings (SSSR count). The number of para-hydroxylation sites is 2. The number of hydrogen-bond donors (Lipinski definition) is 0. The molecule has 0 saturated heterocycles. The first-order chi connectivity index (χ1) is 7.92. The van der Waals surface area contributed by atoms with Gasteiger partial charge in [-0.15, -0.1) is 13.2 Å². The van der Waals surface area contributed by atoms with Gasteiger partial charge in [0.05, 0.1) is 0 Å². The van der Waals surface area contributed by atoms with Crippen LogP contribution in [0.25, 0.3) is 0 Å². The summed E-state index contributed by atoms with van der Waals surface area (Å²) in [6.07, 6.45) is -4.84. The van der Waals surface area contributed by atoms with Crippen molar-refractivity contribution in [2.24, 2.45) is 0 Å². The molecule has 0 bridgehead atoms. The van der Waals surface area contributed by atoms with Gasteiger partial charge in [-0.1, -0.05) is 12.1 Å². The van der Waals surface area contributed by atoms with Crippen molar-refractivity contribution in [3.8, 4) is 11.5 Å². The van der Waals surface area contributed by atoms with Crippen LogP contribution in [0.2, 0.25) is 0 Å². The number of halogens is 3. The van der Waals surface area contributed by atoms with Crippen LogP contribution in [0, 0.1) is 0 Å². The van der Waals surface area contributed by atoms with E-state index in [1.807, 2.05) is 0 Å². The summed E-state index contributed by atoms with van der Waals surface area (Å²) in [6, 6.07) is 4.98. The first-order valence-electron chi connectivity index (χ1n) is 4.47. The van der Waals surface area contributed by atoms with Crippen LogP contribution in [0.1, 0.15) is 0 Å². The maximum absolute atomic E-state index is 12.0. The van der Waals surface area contributed by atoms with E-state index in [2.05, 4.69) is 14.2 Å². The van der Waals surface area contributed by atoms with Gasteiger partial charge in [-0.2, -0.15) is 0 Å². The zero-order chi connectivity index (χ0) is 12.9. The van der Waals surface area contributed by atoms with Gasteiger partial charge in [-0.3, -0.25) is 0 Å². The third kappa shape index (κ3) is 4.73. The van der Waals surface area contributed by atoms with Gasteiger partial charge in [0.25, 0.3) is 0 Å². The second kappa shape index (κ2) is 5.53. The molecule has 0 radical (unpaired) electrons. The third-order valence-electron chi connectivity index (χ3n) is 1.56. The summed E-state index contributed by atoms with van der Waals surface area (Å²) in [5.74, 6) is -1.71. The Morgan fingerprint density at radius 3 is 2.35 bits per heavy atom. The minimum Gasteiger partial charge on any atom is -0.421 e. The molecule has 0 unspecified atom stereocenters. The smallest absolute Gasteiger partial charge is 0.421 e. The highest BCUT2D eigenvalue weighted by Gasteiger charge is 2.32. The van der Waals surface area contributed by atoms with Gasteiger partial charge in [-0.25, -0.2) is 4.79 Å². The number of hydrogen-bond acceptors (Lipinski definition) is 4. The molecular formula is C10H9F3O4. The van der Waals surface area contributed by atoms with Crippen LogP contribution in [0.3, 0.4) is 0 Å².